The monoisotopic (exact) mass is 326 g/mol. The Hall–Kier alpha value is -0.980. The van der Waals surface area contributed by atoms with E-state index >= 15 is 0 Å². The average Bonchev–Trinajstić information content (AvgIpc) is 2.48. The maximum absolute atomic E-state index is 10.3. The van der Waals surface area contributed by atoms with E-state index in [2.05, 4.69) is 26.1 Å². The van der Waals surface area contributed by atoms with E-state index in [0.29, 0.717) is 6.54 Å². The van der Waals surface area contributed by atoms with Crippen LogP contribution in [0.3, 0.4) is 0 Å². The smallest absolute Gasteiger partial charge is 0.126 e. The van der Waals surface area contributed by atoms with Crippen LogP contribution >= 0.6 is 0 Å². The molecule has 0 saturated heterocycles. The van der Waals surface area contributed by atoms with Gasteiger partial charge in [0.05, 0.1) is 33.4 Å². The fraction of sp³-hybridized carbons (Fsp3) is 0.667. The maximum atomic E-state index is 10.3. The number of methoxy groups -OCH3 is 1. The van der Waals surface area contributed by atoms with Gasteiger partial charge in [0.1, 0.15) is 25.3 Å². The summed E-state index contributed by atoms with van der Waals surface area (Å²) in [6.45, 7) is 5.33. The van der Waals surface area contributed by atoms with Gasteiger partial charge in [-0.05, 0) is 6.42 Å². The van der Waals surface area contributed by atoms with Crippen LogP contribution in [0.4, 0.5) is 0 Å². The van der Waals surface area contributed by atoms with Crippen LogP contribution < -0.4 is 0 Å². The summed E-state index contributed by atoms with van der Waals surface area (Å²) < 4.78 is 11.0. The number of aliphatic hydroxyl groups excluding tert-OH is 2. The lowest BCUT2D eigenvalue weighted by Crippen LogP contribution is -2.49. The fourth-order valence-corrected chi connectivity index (χ4v) is 2.94. The third kappa shape index (κ3) is 8.44. The van der Waals surface area contributed by atoms with E-state index in [-0.39, 0.29) is 19.8 Å². The number of benzene rings is 1. The molecule has 0 aliphatic carbocycles. The molecule has 3 unspecified atom stereocenters. The first-order valence-electron chi connectivity index (χ1n) is 8.29. The first-order valence-corrected chi connectivity index (χ1v) is 8.29. The highest BCUT2D eigenvalue weighted by molar-refractivity contribution is 5.13. The van der Waals surface area contributed by atoms with Gasteiger partial charge in [0.2, 0.25) is 0 Å². The summed E-state index contributed by atoms with van der Waals surface area (Å²) in [6.07, 6.45) is -0.137. The van der Waals surface area contributed by atoms with Gasteiger partial charge >= 0.3 is 0 Å². The molecular formula is C18H32NO4+. The third-order valence-electron chi connectivity index (χ3n) is 3.80. The minimum absolute atomic E-state index is 0.182. The summed E-state index contributed by atoms with van der Waals surface area (Å²) in [7, 11) is 3.70. The summed E-state index contributed by atoms with van der Waals surface area (Å²) in [5.74, 6) is 0. The molecule has 1 aromatic rings. The van der Waals surface area contributed by atoms with E-state index in [1.807, 2.05) is 18.2 Å². The van der Waals surface area contributed by atoms with Gasteiger partial charge in [-0.2, -0.15) is 0 Å². The van der Waals surface area contributed by atoms with Crippen molar-refractivity contribution in [1.82, 2.24) is 0 Å². The van der Waals surface area contributed by atoms with Crippen molar-refractivity contribution < 1.29 is 24.2 Å². The zero-order chi connectivity index (χ0) is 17.1. The highest BCUT2D eigenvalue weighted by Crippen LogP contribution is 2.14. The Kier molecular flexibility index (Phi) is 9.36. The molecule has 0 aliphatic heterocycles. The maximum Gasteiger partial charge on any atom is 0.126 e. The van der Waals surface area contributed by atoms with Gasteiger partial charge in [0.15, 0.2) is 0 Å². The highest BCUT2D eigenvalue weighted by Gasteiger charge is 2.25. The van der Waals surface area contributed by atoms with Crippen molar-refractivity contribution in [3.05, 3.63) is 35.9 Å². The number of quaternary nitrogens is 1. The number of rotatable bonds is 12. The lowest BCUT2D eigenvalue weighted by atomic mass is 10.1. The summed E-state index contributed by atoms with van der Waals surface area (Å²) in [4.78, 5) is 0. The molecule has 132 valence electrons. The SMILES string of the molecule is CCC[N+](C)(Cc1ccccc1)CC(O)COCC(O)COC. The Labute approximate surface area is 140 Å². The van der Waals surface area contributed by atoms with Crippen LogP contribution in [0.25, 0.3) is 0 Å². The summed E-state index contributed by atoms with van der Waals surface area (Å²) in [5, 5.41) is 19.8. The van der Waals surface area contributed by atoms with Crippen LogP contribution in [0.1, 0.15) is 18.9 Å². The molecule has 1 rings (SSSR count). The normalized spacial score (nSPS) is 16.7. The van der Waals surface area contributed by atoms with Crippen LogP contribution in [0.15, 0.2) is 30.3 Å². The van der Waals surface area contributed by atoms with E-state index in [1.165, 1.54) is 12.7 Å². The van der Waals surface area contributed by atoms with E-state index in [4.69, 9.17) is 9.47 Å². The van der Waals surface area contributed by atoms with Gasteiger partial charge < -0.3 is 24.2 Å². The molecule has 0 heterocycles. The van der Waals surface area contributed by atoms with Crippen LogP contribution in [0.5, 0.6) is 0 Å². The van der Waals surface area contributed by atoms with Crippen molar-refractivity contribution in [3.63, 3.8) is 0 Å². The van der Waals surface area contributed by atoms with Gasteiger partial charge in [-0.25, -0.2) is 0 Å². The first kappa shape index (κ1) is 20.1. The number of ether oxygens (including phenoxy) is 2. The van der Waals surface area contributed by atoms with Crippen molar-refractivity contribution in [3.8, 4) is 0 Å². The predicted octanol–water partition coefficient (Wildman–Crippen LogP) is 1.43. The lowest BCUT2D eigenvalue weighted by molar-refractivity contribution is -0.925. The van der Waals surface area contributed by atoms with E-state index < -0.39 is 12.2 Å². The van der Waals surface area contributed by atoms with Gasteiger partial charge in [0, 0.05) is 12.7 Å². The number of likely N-dealkylation sites (N-methyl/N-ethyl adjacent to an activating group) is 1. The molecule has 23 heavy (non-hydrogen) atoms. The second-order valence-corrected chi connectivity index (χ2v) is 6.47. The second-order valence-electron chi connectivity index (χ2n) is 6.47. The van der Waals surface area contributed by atoms with Crippen LogP contribution in [0, 0.1) is 0 Å². The molecule has 1 aromatic carbocycles. The molecule has 2 N–H and O–H groups in total. The topological polar surface area (TPSA) is 58.9 Å². The highest BCUT2D eigenvalue weighted by atomic mass is 16.5. The molecule has 0 amide bonds. The Bertz CT molecular complexity index is 415. The van der Waals surface area contributed by atoms with Gasteiger partial charge in [-0.15, -0.1) is 0 Å². The molecule has 0 saturated carbocycles. The van der Waals surface area contributed by atoms with E-state index in [1.54, 1.807) is 0 Å². The summed E-state index contributed by atoms with van der Waals surface area (Å²) in [6, 6.07) is 10.3. The molecule has 0 aliphatic rings. The molecule has 3 atom stereocenters. The molecule has 5 heteroatoms. The number of hydrogen-bond donors (Lipinski definition) is 2. The predicted molar refractivity (Wildman–Crippen MR) is 91.1 cm³/mol. The summed E-state index contributed by atoms with van der Waals surface area (Å²) >= 11 is 0. The largest absolute Gasteiger partial charge is 0.388 e. The molecule has 0 fully saturated rings. The molecule has 0 radical (unpaired) electrons. The van der Waals surface area contributed by atoms with Crippen LogP contribution in [-0.4, -0.2) is 74.0 Å². The second kappa shape index (κ2) is 10.7. The Morgan fingerprint density at radius 2 is 1.70 bits per heavy atom. The number of nitrogens with zero attached hydrogens (tertiary/aromatic N) is 1. The van der Waals surface area contributed by atoms with Crippen molar-refractivity contribution in [2.45, 2.75) is 32.1 Å². The average molecular weight is 326 g/mol. The van der Waals surface area contributed by atoms with E-state index in [0.717, 1.165) is 24.0 Å². The van der Waals surface area contributed by atoms with Gasteiger partial charge in [0.25, 0.3) is 0 Å². The van der Waals surface area contributed by atoms with Crippen molar-refractivity contribution in [2.75, 3.05) is 47.1 Å². The third-order valence-corrected chi connectivity index (χ3v) is 3.80. The Morgan fingerprint density at radius 3 is 2.30 bits per heavy atom. The van der Waals surface area contributed by atoms with Crippen LogP contribution in [0.2, 0.25) is 0 Å². The zero-order valence-corrected chi connectivity index (χ0v) is 14.6. The molecule has 0 aromatic heterocycles. The van der Waals surface area contributed by atoms with Crippen molar-refractivity contribution >= 4 is 0 Å². The Balaban J connectivity index is 2.47. The lowest BCUT2D eigenvalue weighted by Gasteiger charge is -2.36. The minimum Gasteiger partial charge on any atom is -0.388 e. The van der Waals surface area contributed by atoms with E-state index in [9.17, 15) is 10.2 Å². The van der Waals surface area contributed by atoms with Gasteiger partial charge in [-0.3, -0.25) is 0 Å². The summed E-state index contributed by atoms with van der Waals surface area (Å²) in [5.41, 5.74) is 1.27. The fourth-order valence-electron chi connectivity index (χ4n) is 2.94. The number of hydrogen-bond acceptors (Lipinski definition) is 4. The molecule has 0 bridgehead atoms. The standard InChI is InChI=1S/C18H32NO4/c1-4-10-19(2,11-16-8-6-5-7-9-16)12-17(20)14-23-15-18(21)13-22-3/h5-9,17-18,20-21H,4,10-15H2,1-3H3/q+1. The van der Waals surface area contributed by atoms with Crippen molar-refractivity contribution in [2.24, 2.45) is 0 Å². The Morgan fingerprint density at radius 1 is 1.04 bits per heavy atom. The van der Waals surface area contributed by atoms with Crippen LogP contribution in [-0.2, 0) is 16.0 Å². The zero-order valence-electron chi connectivity index (χ0n) is 14.6. The molecule has 0 spiro atoms. The molecular weight excluding hydrogens is 294 g/mol. The minimum atomic E-state index is -0.645. The van der Waals surface area contributed by atoms with Crippen molar-refractivity contribution in [1.29, 1.82) is 0 Å². The number of aliphatic hydroxyl groups is 2. The quantitative estimate of drug-likeness (QED) is 0.571. The van der Waals surface area contributed by atoms with Gasteiger partial charge in [-0.1, -0.05) is 37.3 Å². The first-order chi connectivity index (χ1) is 11.0. The molecule has 5 nitrogen and oxygen atoms in total.